The van der Waals surface area contributed by atoms with Crippen LogP contribution in [0.4, 0.5) is 0 Å². The summed E-state index contributed by atoms with van der Waals surface area (Å²) < 4.78 is 4.80. The van der Waals surface area contributed by atoms with E-state index < -0.39 is 0 Å². The zero-order valence-corrected chi connectivity index (χ0v) is 9.33. The second-order valence-electron chi connectivity index (χ2n) is 2.58. The molecule has 0 amide bonds. The molecule has 0 bridgehead atoms. The van der Waals surface area contributed by atoms with Crippen molar-refractivity contribution in [3.8, 4) is 0 Å². The largest absolute Gasteiger partial charge is 0.463 e. The Morgan fingerprint density at radius 2 is 2.00 bits per heavy atom. The molecular formula is C8H15N3O2S. The fourth-order valence-corrected chi connectivity index (χ4v) is 0.693. The van der Waals surface area contributed by atoms with Gasteiger partial charge >= 0.3 is 5.97 Å². The van der Waals surface area contributed by atoms with E-state index in [0.29, 0.717) is 17.9 Å². The predicted molar refractivity (Wildman–Crippen MR) is 58.1 cm³/mol. The van der Waals surface area contributed by atoms with E-state index in [1.54, 1.807) is 20.8 Å². The Hall–Kier alpha value is -1.30. The number of nitrogens with two attached hydrogens (primary N) is 1. The van der Waals surface area contributed by atoms with E-state index in [1.165, 1.54) is 0 Å². The first-order chi connectivity index (χ1) is 6.49. The number of esters is 1. The van der Waals surface area contributed by atoms with Gasteiger partial charge in [0.25, 0.3) is 0 Å². The van der Waals surface area contributed by atoms with Crippen LogP contribution in [0.2, 0.25) is 0 Å². The molecule has 0 spiro atoms. The lowest BCUT2D eigenvalue weighted by atomic mass is 10.2. The molecule has 0 saturated heterocycles. The van der Waals surface area contributed by atoms with Crippen LogP contribution in [0.15, 0.2) is 11.3 Å². The second-order valence-corrected chi connectivity index (χ2v) is 3.02. The van der Waals surface area contributed by atoms with Crippen molar-refractivity contribution < 1.29 is 9.53 Å². The Morgan fingerprint density at radius 3 is 2.43 bits per heavy atom. The van der Waals surface area contributed by atoms with Crippen LogP contribution in [0.1, 0.15) is 20.8 Å². The zero-order chi connectivity index (χ0) is 11.1. The maximum atomic E-state index is 11.2. The topological polar surface area (TPSA) is 76.4 Å². The Kier molecular flexibility index (Phi) is 5.62. The molecule has 0 aliphatic carbocycles. The number of hydrogen-bond donors (Lipinski definition) is 3. The molecular weight excluding hydrogens is 202 g/mol. The number of allylic oxidation sites excluding steroid dienone is 1. The van der Waals surface area contributed by atoms with Crippen molar-refractivity contribution in [2.75, 3.05) is 6.61 Å². The van der Waals surface area contributed by atoms with Crippen LogP contribution in [0, 0.1) is 0 Å². The van der Waals surface area contributed by atoms with Crippen molar-refractivity contribution >= 4 is 23.3 Å². The van der Waals surface area contributed by atoms with Gasteiger partial charge in [0.15, 0.2) is 5.11 Å². The van der Waals surface area contributed by atoms with Crippen LogP contribution in [-0.2, 0) is 9.53 Å². The average Bonchev–Trinajstić information content (AvgIpc) is 2.13. The first kappa shape index (κ1) is 12.7. The van der Waals surface area contributed by atoms with Gasteiger partial charge in [-0.2, -0.15) is 0 Å². The number of nitrogens with one attached hydrogen (secondary N) is 2. The Balaban J connectivity index is 4.27. The van der Waals surface area contributed by atoms with Crippen molar-refractivity contribution in [1.82, 2.24) is 10.9 Å². The monoisotopic (exact) mass is 217 g/mol. The van der Waals surface area contributed by atoms with Crippen molar-refractivity contribution in [3.05, 3.63) is 11.3 Å². The predicted octanol–water partition coefficient (Wildman–Crippen LogP) is 0.181. The van der Waals surface area contributed by atoms with Crippen LogP contribution in [0.25, 0.3) is 0 Å². The molecule has 0 aromatic heterocycles. The number of hydrogen-bond acceptors (Lipinski definition) is 4. The van der Waals surface area contributed by atoms with E-state index >= 15 is 0 Å². The molecule has 0 rings (SSSR count). The van der Waals surface area contributed by atoms with Gasteiger partial charge in [-0.25, -0.2) is 4.79 Å². The summed E-state index contributed by atoms with van der Waals surface area (Å²) in [5.41, 5.74) is 11.5. The standard InChI is InChI=1S/C8H15N3O2S/c1-4-13-7(12)5(2)6(3)10-11-8(9)14/h10H,4H2,1-3H3,(H3,9,11,14). The molecule has 0 heterocycles. The molecule has 5 nitrogen and oxygen atoms in total. The summed E-state index contributed by atoms with van der Waals surface area (Å²) in [5.74, 6) is -0.359. The van der Waals surface area contributed by atoms with Crippen LogP contribution in [0.5, 0.6) is 0 Å². The molecule has 0 atom stereocenters. The minimum absolute atomic E-state index is 0.112. The van der Waals surface area contributed by atoms with Crippen molar-refractivity contribution in [2.24, 2.45) is 5.73 Å². The molecule has 0 fully saturated rings. The summed E-state index contributed by atoms with van der Waals surface area (Å²) in [4.78, 5) is 11.2. The summed E-state index contributed by atoms with van der Waals surface area (Å²) >= 11 is 4.58. The van der Waals surface area contributed by atoms with E-state index in [1.807, 2.05) is 0 Å². The van der Waals surface area contributed by atoms with Crippen molar-refractivity contribution in [2.45, 2.75) is 20.8 Å². The Morgan fingerprint density at radius 1 is 1.43 bits per heavy atom. The maximum absolute atomic E-state index is 11.2. The van der Waals surface area contributed by atoms with Gasteiger partial charge in [0.2, 0.25) is 0 Å². The molecule has 4 N–H and O–H groups in total. The SMILES string of the molecule is CCOC(=O)C(C)=C(C)NNC(N)=S. The van der Waals surface area contributed by atoms with E-state index in [0.717, 1.165) is 0 Å². The normalized spacial score (nSPS) is 11.4. The summed E-state index contributed by atoms with van der Waals surface area (Å²) in [6, 6.07) is 0. The fraction of sp³-hybridized carbons (Fsp3) is 0.500. The molecule has 0 aliphatic heterocycles. The third-order valence-corrected chi connectivity index (χ3v) is 1.62. The Bertz CT molecular complexity index is 263. The van der Waals surface area contributed by atoms with E-state index in [-0.39, 0.29) is 11.1 Å². The molecule has 0 unspecified atom stereocenters. The third-order valence-electron chi connectivity index (χ3n) is 1.52. The van der Waals surface area contributed by atoms with Crippen LogP contribution in [-0.4, -0.2) is 17.7 Å². The quantitative estimate of drug-likeness (QED) is 0.270. The number of carbonyl (C=O) groups is 1. The lowest BCUT2D eigenvalue weighted by Gasteiger charge is -2.10. The lowest BCUT2D eigenvalue weighted by molar-refractivity contribution is -0.138. The summed E-state index contributed by atoms with van der Waals surface area (Å²) in [7, 11) is 0. The van der Waals surface area contributed by atoms with Gasteiger partial charge in [0.05, 0.1) is 12.2 Å². The van der Waals surface area contributed by atoms with Crippen molar-refractivity contribution in [1.29, 1.82) is 0 Å². The van der Waals surface area contributed by atoms with Gasteiger partial charge in [-0.05, 0) is 33.0 Å². The van der Waals surface area contributed by atoms with E-state index in [4.69, 9.17) is 10.5 Å². The van der Waals surface area contributed by atoms with Gasteiger partial charge in [0.1, 0.15) is 0 Å². The van der Waals surface area contributed by atoms with Crippen molar-refractivity contribution in [3.63, 3.8) is 0 Å². The number of thiocarbonyl (C=S) groups is 1. The number of ether oxygens (including phenoxy) is 1. The smallest absolute Gasteiger partial charge is 0.335 e. The van der Waals surface area contributed by atoms with Gasteiger partial charge < -0.3 is 15.9 Å². The van der Waals surface area contributed by atoms with Gasteiger partial charge in [-0.1, -0.05) is 0 Å². The second kappa shape index (κ2) is 6.20. The summed E-state index contributed by atoms with van der Waals surface area (Å²) in [6.45, 7) is 5.48. The van der Waals surface area contributed by atoms with Crippen LogP contribution in [0.3, 0.4) is 0 Å². The highest BCUT2D eigenvalue weighted by Crippen LogP contribution is 2.01. The van der Waals surface area contributed by atoms with Crippen LogP contribution < -0.4 is 16.6 Å². The lowest BCUT2D eigenvalue weighted by Crippen LogP contribution is -2.40. The van der Waals surface area contributed by atoms with Gasteiger partial charge in [-0.3, -0.25) is 5.43 Å². The minimum atomic E-state index is -0.359. The molecule has 14 heavy (non-hydrogen) atoms. The maximum Gasteiger partial charge on any atom is 0.335 e. The first-order valence-corrected chi connectivity index (χ1v) is 4.56. The molecule has 80 valence electrons. The van der Waals surface area contributed by atoms with E-state index in [2.05, 4.69) is 23.1 Å². The molecule has 6 heteroatoms. The molecule has 0 aromatic carbocycles. The average molecular weight is 217 g/mol. The highest BCUT2D eigenvalue weighted by atomic mass is 32.1. The van der Waals surface area contributed by atoms with Gasteiger partial charge in [-0.15, -0.1) is 0 Å². The van der Waals surface area contributed by atoms with E-state index in [9.17, 15) is 4.79 Å². The Labute approximate surface area is 88.6 Å². The minimum Gasteiger partial charge on any atom is -0.463 e. The summed E-state index contributed by atoms with van der Waals surface area (Å²) in [6.07, 6.45) is 0. The first-order valence-electron chi connectivity index (χ1n) is 4.15. The highest BCUT2D eigenvalue weighted by molar-refractivity contribution is 7.80. The molecule has 0 aromatic rings. The number of carbonyl (C=O) groups excluding carboxylic acids is 1. The van der Waals surface area contributed by atoms with Gasteiger partial charge in [0, 0.05) is 5.70 Å². The highest BCUT2D eigenvalue weighted by Gasteiger charge is 2.07. The molecule has 0 aliphatic rings. The number of rotatable bonds is 4. The summed E-state index contributed by atoms with van der Waals surface area (Å²) in [5, 5.41) is 0.112. The fourth-order valence-electron chi connectivity index (χ4n) is 0.642. The molecule has 0 radical (unpaired) electrons. The number of hydrazine groups is 1. The van der Waals surface area contributed by atoms with Crippen LogP contribution >= 0.6 is 12.2 Å². The third kappa shape index (κ3) is 4.66. The zero-order valence-electron chi connectivity index (χ0n) is 8.51. The molecule has 0 saturated carbocycles.